The molecule has 0 amide bonds. The summed E-state index contributed by atoms with van der Waals surface area (Å²) in [4.78, 5) is 39.4. The molecule has 4 rings (SSSR count). The van der Waals surface area contributed by atoms with E-state index in [1.807, 2.05) is 6.08 Å². The highest BCUT2D eigenvalue weighted by Gasteiger charge is 2.21. The fraction of sp³-hybridized carbons (Fsp3) is 0.100. The van der Waals surface area contributed by atoms with Crippen LogP contribution in [0.4, 0.5) is 0 Å². The molecule has 0 radical (unpaired) electrons. The Morgan fingerprint density at radius 2 is 1.67 bits per heavy atom. The Balaban J connectivity index is 1.82. The summed E-state index contributed by atoms with van der Waals surface area (Å²) >= 11 is 0. The molecule has 0 saturated carbocycles. The number of aromatic nitrogens is 2. The summed E-state index contributed by atoms with van der Waals surface area (Å²) in [5, 5.41) is 18.5. The van der Waals surface area contributed by atoms with Crippen LogP contribution < -0.4 is 5.56 Å². The molecule has 27 heavy (non-hydrogen) atoms. The Morgan fingerprint density at radius 3 is 2.33 bits per heavy atom. The Labute approximate surface area is 152 Å². The molecule has 0 unspecified atom stereocenters. The normalized spacial score (nSPS) is 14.4. The van der Waals surface area contributed by atoms with Gasteiger partial charge in [-0.1, -0.05) is 12.1 Å². The van der Waals surface area contributed by atoms with Crippen molar-refractivity contribution in [2.24, 2.45) is 0 Å². The van der Waals surface area contributed by atoms with Crippen LogP contribution in [-0.4, -0.2) is 31.7 Å². The lowest BCUT2D eigenvalue weighted by molar-refractivity contribution is 0.0686. The van der Waals surface area contributed by atoms with Gasteiger partial charge < -0.3 is 10.2 Å². The Kier molecular flexibility index (Phi) is 3.84. The smallest absolute Gasteiger partial charge is 0.335 e. The Morgan fingerprint density at radius 1 is 1.00 bits per heavy atom. The molecule has 7 heteroatoms. The highest BCUT2D eigenvalue weighted by atomic mass is 16.4. The summed E-state index contributed by atoms with van der Waals surface area (Å²) in [6.07, 6.45) is 2.48. The van der Waals surface area contributed by atoms with Crippen molar-refractivity contribution in [1.29, 1.82) is 0 Å². The molecule has 2 N–H and O–H groups in total. The second kappa shape index (κ2) is 6.21. The first-order valence-electron chi connectivity index (χ1n) is 8.26. The Hall–Kier alpha value is -3.74. The van der Waals surface area contributed by atoms with E-state index in [-0.39, 0.29) is 16.7 Å². The first-order valence-corrected chi connectivity index (χ1v) is 8.26. The van der Waals surface area contributed by atoms with Crippen LogP contribution in [0.5, 0.6) is 0 Å². The van der Waals surface area contributed by atoms with Gasteiger partial charge in [0.1, 0.15) is 5.82 Å². The Bertz CT molecular complexity index is 1190. The molecule has 0 fully saturated rings. The molecule has 1 aromatic heterocycles. The number of hydrogen-bond acceptors (Lipinski definition) is 4. The number of carboxylic acid groups (broad SMARTS) is 2. The van der Waals surface area contributed by atoms with E-state index in [1.54, 1.807) is 16.7 Å². The first-order chi connectivity index (χ1) is 12.9. The third-order valence-corrected chi connectivity index (χ3v) is 4.59. The van der Waals surface area contributed by atoms with E-state index in [2.05, 4.69) is 4.98 Å². The van der Waals surface area contributed by atoms with Gasteiger partial charge in [-0.25, -0.2) is 14.6 Å². The zero-order chi connectivity index (χ0) is 19.1. The fourth-order valence-corrected chi connectivity index (χ4v) is 3.21. The van der Waals surface area contributed by atoms with E-state index in [4.69, 9.17) is 10.2 Å². The fourth-order valence-electron chi connectivity index (χ4n) is 3.21. The molecule has 1 aliphatic rings. The molecule has 7 nitrogen and oxygen atoms in total. The van der Waals surface area contributed by atoms with E-state index >= 15 is 0 Å². The number of nitrogens with zero attached hydrogens (tertiary/aromatic N) is 2. The number of hydrogen-bond donors (Lipinski definition) is 2. The minimum atomic E-state index is -1.08. The van der Waals surface area contributed by atoms with E-state index in [1.165, 1.54) is 30.3 Å². The second-order valence-corrected chi connectivity index (χ2v) is 6.28. The summed E-state index contributed by atoms with van der Waals surface area (Å²) in [7, 11) is 0. The zero-order valence-corrected chi connectivity index (χ0v) is 14.0. The summed E-state index contributed by atoms with van der Waals surface area (Å²) < 4.78 is 1.58. The lowest BCUT2D eigenvalue weighted by Gasteiger charge is -2.06. The van der Waals surface area contributed by atoms with E-state index in [9.17, 15) is 14.4 Å². The summed E-state index contributed by atoms with van der Waals surface area (Å²) in [5.41, 5.74) is 2.07. The number of rotatable bonds is 3. The molecule has 1 aliphatic heterocycles. The van der Waals surface area contributed by atoms with Crippen molar-refractivity contribution in [3.05, 3.63) is 75.3 Å². The molecule has 0 bridgehead atoms. The molecular formula is C20H14N2O5. The minimum Gasteiger partial charge on any atom is -0.478 e. The van der Waals surface area contributed by atoms with Crippen LogP contribution in [0.15, 0.2) is 47.3 Å². The summed E-state index contributed by atoms with van der Waals surface area (Å²) in [6, 6.07) is 10.7. The van der Waals surface area contributed by atoms with Crippen LogP contribution >= 0.6 is 0 Å². The number of allylic oxidation sites excluding steroid dienone is 1. The molecule has 134 valence electrons. The van der Waals surface area contributed by atoms with Crippen molar-refractivity contribution in [3.63, 3.8) is 0 Å². The molecule has 2 aromatic carbocycles. The third kappa shape index (κ3) is 2.89. The van der Waals surface area contributed by atoms with Gasteiger partial charge in [0.05, 0.1) is 22.0 Å². The van der Waals surface area contributed by atoms with Crippen molar-refractivity contribution in [2.45, 2.75) is 13.0 Å². The van der Waals surface area contributed by atoms with Crippen molar-refractivity contribution >= 4 is 34.5 Å². The summed E-state index contributed by atoms with van der Waals surface area (Å²) in [6.45, 7) is 0.497. The number of fused-ring (bicyclic) bond motifs is 2. The first kappa shape index (κ1) is 16.7. The molecule has 0 aliphatic carbocycles. The van der Waals surface area contributed by atoms with Gasteiger partial charge >= 0.3 is 11.9 Å². The highest BCUT2D eigenvalue weighted by Crippen LogP contribution is 2.27. The van der Waals surface area contributed by atoms with Crippen molar-refractivity contribution < 1.29 is 19.8 Å². The number of aromatic carboxylic acids is 2. The van der Waals surface area contributed by atoms with Crippen LogP contribution in [0, 0.1) is 0 Å². The van der Waals surface area contributed by atoms with Gasteiger partial charge in [-0.2, -0.15) is 0 Å². The summed E-state index contributed by atoms with van der Waals surface area (Å²) in [5.74, 6) is -1.56. The van der Waals surface area contributed by atoms with E-state index in [0.717, 1.165) is 11.1 Å². The van der Waals surface area contributed by atoms with Gasteiger partial charge in [0.15, 0.2) is 0 Å². The molecule has 3 aromatic rings. The van der Waals surface area contributed by atoms with Crippen LogP contribution in [-0.2, 0) is 6.54 Å². The standard InChI is InChI=1S/C20H14N2O5/c23-18-15-6-5-14(20(26)27)10-16(15)21-17-13(7-8-22(17)18)9-11-1-3-12(4-2-11)19(24)25/h1-6,9-10H,7-8H2,(H,24,25)(H,26,27). The minimum absolute atomic E-state index is 0.0761. The van der Waals surface area contributed by atoms with Gasteiger partial charge in [-0.15, -0.1) is 0 Å². The van der Waals surface area contributed by atoms with Crippen LogP contribution in [0.25, 0.3) is 22.6 Å². The number of carbonyl (C=O) groups is 2. The lowest BCUT2D eigenvalue weighted by Crippen LogP contribution is -2.21. The molecular weight excluding hydrogens is 348 g/mol. The van der Waals surface area contributed by atoms with Crippen molar-refractivity contribution in [3.8, 4) is 0 Å². The topological polar surface area (TPSA) is 109 Å². The zero-order valence-electron chi connectivity index (χ0n) is 14.0. The van der Waals surface area contributed by atoms with Crippen LogP contribution in [0.1, 0.15) is 38.5 Å². The lowest BCUT2D eigenvalue weighted by atomic mass is 10.1. The van der Waals surface area contributed by atoms with Crippen molar-refractivity contribution in [1.82, 2.24) is 9.55 Å². The maximum absolute atomic E-state index is 12.7. The monoisotopic (exact) mass is 362 g/mol. The number of carboxylic acids is 2. The average Bonchev–Trinajstić information content (AvgIpc) is 3.05. The molecule has 0 atom stereocenters. The predicted octanol–water partition coefficient (Wildman–Crippen LogP) is 2.74. The largest absolute Gasteiger partial charge is 0.478 e. The molecule has 2 heterocycles. The maximum Gasteiger partial charge on any atom is 0.335 e. The quantitative estimate of drug-likeness (QED) is 0.741. The second-order valence-electron chi connectivity index (χ2n) is 6.28. The van der Waals surface area contributed by atoms with Crippen molar-refractivity contribution in [2.75, 3.05) is 0 Å². The number of benzene rings is 2. The van der Waals surface area contributed by atoms with Gasteiger partial charge in [-0.3, -0.25) is 9.36 Å². The van der Waals surface area contributed by atoms with Gasteiger partial charge in [0, 0.05) is 6.54 Å². The van der Waals surface area contributed by atoms with E-state index in [0.29, 0.717) is 29.7 Å². The van der Waals surface area contributed by atoms with Crippen LogP contribution in [0.2, 0.25) is 0 Å². The van der Waals surface area contributed by atoms with Gasteiger partial charge in [-0.05, 0) is 54.0 Å². The molecule has 0 saturated heterocycles. The van der Waals surface area contributed by atoms with Crippen LogP contribution in [0.3, 0.4) is 0 Å². The maximum atomic E-state index is 12.7. The highest BCUT2D eigenvalue weighted by molar-refractivity contribution is 5.93. The SMILES string of the molecule is O=C(O)c1ccc(C=C2CCn3c2nc2cc(C(=O)O)ccc2c3=O)cc1. The third-order valence-electron chi connectivity index (χ3n) is 4.59. The van der Waals surface area contributed by atoms with Gasteiger partial charge in [0.25, 0.3) is 5.56 Å². The average molecular weight is 362 g/mol. The van der Waals surface area contributed by atoms with E-state index < -0.39 is 11.9 Å². The molecule has 0 spiro atoms. The van der Waals surface area contributed by atoms with Gasteiger partial charge in [0.2, 0.25) is 0 Å². The predicted molar refractivity (Wildman–Crippen MR) is 98.9 cm³/mol.